The third kappa shape index (κ3) is 7.35. The molecule has 17 heavy (non-hydrogen) atoms. The molecule has 0 fully saturated rings. The predicted molar refractivity (Wildman–Crippen MR) is 70.0 cm³/mol. The molecule has 1 unspecified atom stereocenters. The molecule has 4 nitrogen and oxygen atoms in total. The van der Waals surface area contributed by atoms with Gasteiger partial charge in [-0.3, -0.25) is 0 Å². The lowest BCUT2D eigenvalue weighted by Gasteiger charge is -2.17. The van der Waals surface area contributed by atoms with Crippen molar-refractivity contribution >= 4 is 10.0 Å². The molecule has 0 heterocycles. The summed E-state index contributed by atoms with van der Waals surface area (Å²) in [6.07, 6.45) is 5.28. The van der Waals surface area contributed by atoms with Crippen molar-refractivity contribution in [1.82, 2.24) is 4.72 Å². The van der Waals surface area contributed by atoms with E-state index in [1.54, 1.807) is 0 Å². The Morgan fingerprint density at radius 1 is 1.18 bits per heavy atom. The molecule has 0 spiro atoms. The highest BCUT2D eigenvalue weighted by Gasteiger charge is 2.23. The summed E-state index contributed by atoms with van der Waals surface area (Å²) < 4.78 is 26.6. The van der Waals surface area contributed by atoms with Crippen LogP contribution in [-0.4, -0.2) is 20.2 Å². The van der Waals surface area contributed by atoms with Gasteiger partial charge in [0.05, 0.1) is 11.3 Å². The second-order valence-corrected chi connectivity index (χ2v) is 6.30. The molecule has 0 saturated heterocycles. The van der Waals surface area contributed by atoms with Crippen LogP contribution in [-0.2, 0) is 10.0 Å². The lowest BCUT2D eigenvalue weighted by atomic mass is 10.1. The van der Waals surface area contributed by atoms with Crippen LogP contribution >= 0.6 is 0 Å². The first-order chi connectivity index (χ1) is 8.08. The third-order valence-corrected chi connectivity index (χ3v) is 4.65. The highest BCUT2D eigenvalue weighted by atomic mass is 32.2. The van der Waals surface area contributed by atoms with E-state index in [-0.39, 0.29) is 5.25 Å². The molecule has 0 aromatic carbocycles. The zero-order valence-electron chi connectivity index (χ0n) is 10.9. The molecule has 0 saturated carbocycles. The molecule has 0 aromatic rings. The zero-order valence-corrected chi connectivity index (χ0v) is 11.7. The van der Waals surface area contributed by atoms with Crippen molar-refractivity contribution in [2.45, 2.75) is 64.0 Å². The highest BCUT2D eigenvalue weighted by molar-refractivity contribution is 7.90. The summed E-state index contributed by atoms with van der Waals surface area (Å²) in [6.45, 7) is 4.45. The van der Waals surface area contributed by atoms with Gasteiger partial charge in [0.2, 0.25) is 10.0 Å². The Hall–Kier alpha value is -0.600. The highest BCUT2D eigenvalue weighted by Crippen LogP contribution is 2.15. The fourth-order valence-corrected chi connectivity index (χ4v) is 3.40. The number of unbranched alkanes of at least 4 members (excludes halogenated alkanes) is 2. The molecule has 0 aromatic heterocycles. The van der Waals surface area contributed by atoms with Gasteiger partial charge in [0.25, 0.3) is 0 Å². The van der Waals surface area contributed by atoms with Gasteiger partial charge in [0.1, 0.15) is 0 Å². The SMILES string of the molecule is CCCCC(CCC)S(=O)(=O)NCCCC#N. The lowest BCUT2D eigenvalue weighted by molar-refractivity contribution is 0.534. The van der Waals surface area contributed by atoms with Gasteiger partial charge in [0.15, 0.2) is 0 Å². The smallest absolute Gasteiger partial charge is 0.214 e. The molecule has 5 heteroatoms. The standard InChI is InChI=1S/C12H24N2O2S/c1-3-5-9-12(8-4-2)17(15,16)14-11-7-6-10-13/h12,14H,3-9,11H2,1-2H3. The number of sulfonamides is 1. The van der Waals surface area contributed by atoms with Gasteiger partial charge in [-0.1, -0.05) is 33.1 Å². The van der Waals surface area contributed by atoms with E-state index in [9.17, 15) is 8.42 Å². The second kappa shape index (κ2) is 9.43. The Bertz CT molecular complexity index is 320. The van der Waals surface area contributed by atoms with Crippen LogP contribution in [0.15, 0.2) is 0 Å². The van der Waals surface area contributed by atoms with Crippen molar-refractivity contribution in [3.63, 3.8) is 0 Å². The Balaban J connectivity index is 4.24. The van der Waals surface area contributed by atoms with Gasteiger partial charge in [-0.15, -0.1) is 0 Å². The number of hydrogen-bond donors (Lipinski definition) is 1. The molecule has 1 atom stereocenters. The Kier molecular flexibility index (Phi) is 9.10. The maximum atomic E-state index is 12.0. The van der Waals surface area contributed by atoms with Gasteiger partial charge in [-0.25, -0.2) is 13.1 Å². The summed E-state index contributed by atoms with van der Waals surface area (Å²) in [4.78, 5) is 0. The fraction of sp³-hybridized carbons (Fsp3) is 0.917. The van der Waals surface area contributed by atoms with Gasteiger partial charge >= 0.3 is 0 Å². The first-order valence-electron chi connectivity index (χ1n) is 6.43. The molecule has 0 aliphatic heterocycles. The molecule has 0 radical (unpaired) electrons. The minimum atomic E-state index is -3.20. The summed E-state index contributed by atoms with van der Waals surface area (Å²) in [6, 6.07) is 2.01. The molecular formula is C12H24N2O2S. The van der Waals surface area contributed by atoms with Crippen LogP contribution in [0.5, 0.6) is 0 Å². The van der Waals surface area contributed by atoms with Crippen LogP contribution in [0.4, 0.5) is 0 Å². The Morgan fingerprint density at radius 3 is 2.41 bits per heavy atom. The Labute approximate surface area is 105 Å². The van der Waals surface area contributed by atoms with E-state index in [0.717, 1.165) is 25.7 Å². The minimum Gasteiger partial charge on any atom is -0.215 e. The molecule has 0 amide bonds. The molecule has 0 bridgehead atoms. The summed E-state index contributed by atoms with van der Waals surface area (Å²) in [5, 5.41) is 8.11. The van der Waals surface area contributed by atoms with Crippen LogP contribution in [0.3, 0.4) is 0 Å². The zero-order chi connectivity index (χ0) is 13.1. The average Bonchev–Trinajstić information content (AvgIpc) is 2.30. The van der Waals surface area contributed by atoms with E-state index in [0.29, 0.717) is 25.8 Å². The van der Waals surface area contributed by atoms with Gasteiger partial charge in [-0.2, -0.15) is 5.26 Å². The van der Waals surface area contributed by atoms with Crippen LogP contribution in [0, 0.1) is 11.3 Å². The molecule has 0 aliphatic rings. The van der Waals surface area contributed by atoms with Crippen LogP contribution in [0.25, 0.3) is 0 Å². The van der Waals surface area contributed by atoms with Gasteiger partial charge in [0, 0.05) is 13.0 Å². The van der Waals surface area contributed by atoms with Crippen LogP contribution < -0.4 is 4.72 Å². The first kappa shape index (κ1) is 16.4. The maximum absolute atomic E-state index is 12.0. The van der Waals surface area contributed by atoms with E-state index < -0.39 is 10.0 Å². The van der Waals surface area contributed by atoms with E-state index in [1.165, 1.54) is 0 Å². The summed E-state index contributed by atoms with van der Waals surface area (Å²) in [7, 11) is -3.20. The van der Waals surface area contributed by atoms with Crippen molar-refractivity contribution in [1.29, 1.82) is 5.26 Å². The second-order valence-electron chi connectivity index (χ2n) is 4.25. The lowest BCUT2D eigenvalue weighted by Crippen LogP contribution is -2.35. The van der Waals surface area contributed by atoms with E-state index in [2.05, 4.69) is 11.6 Å². The van der Waals surface area contributed by atoms with Crippen molar-refractivity contribution in [2.24, 2.45) is 0 Å². The van der Waals surface area contributed by atoms with Crippen LogP contribution in [0.2, 0.25) is 0 Å². The number of nitriles is 1. The maximum Gasteiger partial charge on any atom is 0.214 e. The first-order valence-corrected chi connectivity index (χ1v) is 7.98. The fourth-order valence-electron chi connectivity index (χ4n) is 1.71. The van der Waals surface area contributed by atoms with E-state index >= 15 is 0 Å². The van der Waals surface area contributed by atoms with Crippen molar-refractivity contribution < 1.29 is 8.42 Å². The Morgan fingerprint density at radius 2 is 1.88 bits per heavy atom. The molecule has 1 N–H and O–H groups in total. The van der Waals surface area contributed by atoms with Crippen molar-refractivity contribution in [3.8, 4) is 6.07 Å². The number of nitrogens with zero attached hydrogens (tertiary/aromatic N) is 1. The molecule has 0 aliphatic carbocycles. The van der Waals surface area contributed by atoms with E-state index in [1.807, 2.05) is 13.0 Å². The topological polar surface area (TPSA) is 70.0 Å². The molecule has 0 rings (SSSR count). The number of hydrogen-bond acceptors (Lipinski definition) is 3. The minimum absolute atomic E-state index is 0.269. The summed E-state index contributed by atoms with van der Waals surface area (Å²) in [5.41, 5.74) is 0. The molecular weight excluding hydrogens is 236 g/mol. The number of rotatable bonds is 10. The normalized spacial score (nSPS) is 13.2. The quantitative estimate of drug-likeness (QED) is 0.614. The predicted octanol–water partition coefficient (Wildman–Crippen LogP) is 2.57. The van der Waals surface area contributed by atoms with Crippen molar-refractivity contribution in [3.05, 3.63) is 0 Å². The summed E-state index contributed by atoms with van der Waals surface area (Å²) >= 11 is 0. The number of nitrogens with one attached hydrogen (secondary N) is 1. The monoisotopic (exact) mass is 260 g/mol. The molecule has 100 valence electrons. The average molecular weight is 260 g/mol. The largest absolute Gasteiger partial charge is 0.215 e. The van der Waals surface area contributed by atoms with Gasteiger partial charge in [-0.05, 0) is 19.3 Å². The third-order valence-electron chi connectivity index (χ3n) is 2.70. The summed E-state index contributed by atoms with van der Waals surface area (Å²) in [5.74, 6) is 0. The van der Waals surface area contributed by atoms with Crippen molar-refractivity contribution in [2.75, 3.05) is 6.54 Å². The van der Waals surface area contributed by atoms with Crippen LogP contribution in [0.1, 0.15) is 58.8 Å². The van der Waals surface area contributed by atoms with Gasteiger partial charge < -0.3 is 0 Å². The van der Waals surface area contributed by atoms with E-state index in [4.69, 9.17) is 5.26 Å².